The predicted molar refractivity (Wildman–Crippen MR) is 119 cm³/mol. The molecule has 0 atom stereocenters. The first kappa shape index (κ1) is 20.4. The summed E-state index contributed by atoms with van der Waals surface area (Å²) in [6.45, 7) is -0.0661. The zero-order chi connectivity index (χ0) is 22.8. The molecule has 2 aromatic heterocycles. The van der Waals surface area contributed by atoms with Crippen LogP contribution in [0, 0.1) is 0 Å². The summed E-state index contributed by atoms with van der Waals surface area (Å²) in [4.78, 5) is 47.2. The van der Waals surface area contributed by atoms with Gasteiger partial charge in [0.2, 0.25) is 12.7 Å². The van der Waals surface area contributed by atoms with Crippen LogP contribution in [0.5, 0.6) is 11.5 Å². The molecule has 1 amide bonds. The van der Waals surface area contributed by atoms with Crippen molar-refractivity contribution >= 4 is 22.8 Å². The lowest BCUT2D eigenvalue weighted by atomic mass is 10.1. The molecule has 4 aromatic rings. The van der Waals surface area contributed by atoms with E-state index in [0.29, 0.717) is 23.6 Å². The zero-order valence-corrected chi connectivity index (χ0v) is 17.4. The number of hydrogen-bond acceptors (Lipinski definition) is 7. The molecule has 0 spiro atoms. The van der Waals surface area contributed by atoms with Gasteiger partial charge in [0, 0.05) is 30.7 Å². The van der Waals surface area contributed by atoms with Crippen LogP contribution in [0.25, 0.3) is 11.2 Å². The molecular formula is C23H19N5O5. The van der Waals surface area contributed by atoms with Crippen molar-refractivity contribution in [2.75, 3.05) is 12.1 Å². The number of aromatic nitrogens is 4. The highest BCUT2D eigenvalue weighted by atomic mass is 16.7. The van der Waals surface area contributed by atoms with E-state index < -0.39 is 17.2 Å². The molecule has 3 heterocycles. The summed E-state index contributed by atoms with van der Waals surface area (Å²) in [5.41, 5.74) is 0.404. The number of fused-ring (bicyclic) bond motifs is 2. The summed E-state index contributed by atoms with van der Waals surface area (Å²) < 4.78 is 12.9. The Bertz CT molecular complexity index is 1460. The maximum Gasteiger partial charge on any atom is 0.333 e. The maximum atomic E-state index is 13.2. The van der Waals surface area contributed by atoms with Crippen molar-refractivity contribution in [2.24, 2.45) is 0 Å². The number of benzene rings is 2. The summed E-state index contributed by atoms with van der Waals surface area (Å²) in [7, 11) is 0. The molecule has 1 aliphatic rings. The van der Waals surface area contributed by atoms with E-state index in [-0.39, 0.29) is 31.0 Å². The number of amides is 1. The van der Waals surface area contributed by atoms with Gasteiger partial charge in [-0.1, -0.05) is 30.3 Å². The van der Waals surface area contributed by atoms with Gasteiger partial charge < -0.3 is 14.8 Å². The van der Waals surface area contributed by atoms with Crippen molar-refractivity contribution < 1.29 is 14.3 Å². The highest BCUT2D eigenvalue weighted by Crippen LogP contribution is 2.34. The van der Waals surface area contributed by atoms with E-state index in [2.05, 4.69) is 15.3 Å². The van der Waals surface area contributed by atoms with Crippen LogP contribution < -0.4 is 26.0 Å². The van der Waals surface area contributed by atoms with E-state index in [0.717, 1.165) is 14.7 Å². The van der Waals surface area contributed by atoms with Gasteiger partial charge in [-0.15, -0.1) is 0 Å². The van der Waals surface area contributed by atoms with Crippen LogP contribution in [0.3, 0.4) is 0 Å². The van der Waals surface area contributed by atoms with Crippen molar-refractivity contribution in [1.29, 1.82) is 0 Å². The minimum atomic E-state index is -0.621. The number of ether oxygens (including phenoxy) is 2. The van der Waals surface area contributed by atoms with Gasteiger partial charge in [-0.3, -0.25) is 18.7 Å². The van der Waals surface area contributed by atoms with Gasteiger partial charge in [0.15, 0.2) is 22.7 Å². The summed E-state index contributed by atoms with van der Waals surface area (Å²) in [6.07, 6.45) is 3.24. The summed E-state index contributed by atoms with van der Waals surface area (Å²) in [6, 6.07) is 14.5. The lowest BCUT2D eigenvalue weighted by molar-refractivity contribution is -0.116. The molecule has 0 bridgehead atoms. The minimum absolute atomic E-state index is 0.0287. The van der Waals surface area contributed by atoms with Crippen molar-refractivity contribution in [3.8, 4) is 11.5 Å². The average molecular weight is 445 g/mol. The third-order valence-corrected chi connectivity index (χ3v) is 5.27. The molecule has 1 N–H and O–H groups in total. The fourth-order valence-electron chi connectivity index (χ4n) is 3.67. The molecule has 5 rings (SSSR count). The molecule has 10 nitrogen and oxygen atoms in total. The molecule has 0 radical (unpaired) electrons. The number of carbonyl (C=O) groups is 1. The second kappa shape index (κ2) is 8.58. The van der Waals surface area contributed by atoms with E-state index in [1.807, 2.05) is 30.3 Å². The molecule has 166 valence electrons. The molecule has 2 aromatic carbocycles. The molecule has 0 fully saturated rings. The Hall–Kier alpha value is -4.47. The lowest BCUT2D eigenvalue weighted by Gasteiger charge is -2.13. The normalized spacial score (nSPS) is 12.1. The number of carbonyl (C=O) groups excluding carboxylic acids is 1. The van der Waals surface area contributed by atoms with Gasteiger partial charge >= 0.3 is 5.69 Å². The predicted octanol–water partition coefficient (Wildman–Crippen LogP) is 1.56. The Morgan fingerprint density at radius 2 is 1.76 bits per heavy atom. The highest BCUT2D eigenvalue weighted by molar-refractivity contribution is 5.91. The van der Waals surface area contributed by atoms with Crippen LogP contribution in [-0.4, -0.2) is 31.8 Å². The van der Waals surface area contributed by atoms with E-state index in [1.165, 1.54) is 12.4 Å². The Kier molecular flexibility index (Phi) is 5.31. The molecule has 10 heteroatoms. The average Bonchev–Trinajstić information content (AvgIpc) is 3.30. The topological polar surface area (TPSA) is 117 Å². The van der Waals surface area contributed by atoms with Crippen LogP contribution in [0.2, 0.25) is 0 Å². The van der Waals surface area contributed by atoms with E-state index in [1.54, 1.807) is 18.2 Å². The van der Waals surface area contributed by atoms with Gasteiger partial charge in [0.25, 0.3) is 5.56 Å². The largest absolute Gasteiger partial charge is 0.454 e. The molecule has 0 saturated heterocycles. The zero-order valence-electron chi connectivity index (χ0n) is 17.4. The van der Waals surface area contributed by atoms with Gasteiger partial charge in [-0.2, -0.15) is 0 Å². The standard InChI is InChI=1S/C23H19N5O5/c29-19(26-16-6-7-17-18(12-16)33-14-32-17)13-28-21-20(24-9-10-25-21)22(30)27(23(28)31)11-8-15-4-2-1-3-5-15/h1-7,9-10,12H,8,11,13-14H2,(H,26,29). The van der Waals surface area contributed by atoms with Crippen molar-refractivity contribution in [3.05, 3.63) is 87.3 Å². The minimum Gasteiger partial charge on any atom is -0.454 e. The first-order valence-corrected chi connectivity index (χ1v) is 10.3. The molecular weight excluding hydrogens is 426 g/mol. The van der Waals surface area contributed by atoms with Crippen molar-refractivity contribution in [3.63, 3.8) is 0 Å². The molecule has 0 saturated carbocycles. The summed E-state index contributed by atoms with van der Waals surface area (Å²) >= 11 is 0. The van der Waals surface area contributed by atoms with E-state index in [4.69, 9.17) is 9.47 Å². The van der Waals surface area contributed by atoms with Crippen molar-refractivity contribution in [1.82, 2.24) is 19.1 Å². The fourth-order valence-corrected chi connectivity index (χ4v) is 3.67. The van der Waals surface area contributed by atoms with Crippen molar-refractivity contribution in [2.45, 2.75) is 19.5 Å². The Labute approximate surface area is 187 Å². The second-order valence-corrected chi connectivity index (χ2v) is 7.41. The van der Waals surface area contributed by atoms with Crippen LogP contribution in [-0.2, 0) is 24.3 Å². The Balaban J connectivity index is 1.46. The van der Waals surface area contributed by atoms with Crippen LogP contribution in [0.4, 0.5) is 5.69 Å². The smallest absolute Gasteiger partial charge is 0.333 e. The van der Waals surface area contributed by atoms with Crippen LogP contribution in [0.15, 0.2) is 70.5 Å². The van der Waals surface area contributed by atoms with Crippen LogP contribution in [0.1, 0.15) is 5.56 Å². The number of aryl methyl sites for hydroxylation is 1. The highest BCUT2D eigenvalue weighted by Gasteiger charge is 2.18. The number of hydrogen-bond donors (Lipinski definition) is 1. The summed E-state index contributed by atoms with van der Waals surface area (Å²) in [5, 5.41) is 2.73. The maximum absolute atomic E-state index is 13.2. The molecule has 33 heavy (non-hydrogen) atoms. The first-order chi connectivity index (χ1) is 16.1. The number of nitrogens with zero attached hydrogens (tertiary/aromatic N) is 4. The van der Waals surface area contributed by atoms with Gasteiger partial charge in [-0.05, 0) is 24.1 Å². The van der Waals surface area contributed by atoms with E-state index >= 15 is 0 Å². The number of anilines is 1. The van der Waals surface area contributed by atoms with E-state index in [9.17, 15) is 14.4 Å². The lowest BCUT2D eigenvalue weighted by Crippen LogP contribution is -2.42. The monoisotopic (exact) mass is 445 g/mol. The molecule has 0 unspecified atom stereocenters. The SMILES string of the molecule is O=C(Cn1c(=O)n(CCc2ccccc2)c(=O)c2nccnc21)Nc1ccc2c(c1)OCO2. The fraction of sp³-hybridized carbons (Fsp3) is 0.174. The Morgan fingerprint density at radius 3 is 2.61 bits per heavy atom. The number of nitrogens with one attached hydrogen (secondary N) is 1. The molecule has 1 aliphatic heterocycles. The van der Waals surface area contributed by atoms with Gasteiger partial charge in [0.05, 0.1) is 0 Å². The summed E-state index contributed by atoms with van der Waals surface area (Å²) in [5.74, 6) is 0.655. The first-order valence-electron chi connectivity index (χ1n) is 10.3. The number of rotatable bonds is 6. The third-order valence-electron chi connectivity index (χ3n) is 5.27. The van der Waals surface area contributed by atoms with Gasteiger partial charge in [-0.25, -0.2) is 14.8 Å². The molecule has 0 aliphatic carbocycles. The van der Waals surface area contributed by atoms with Crippen LogP contribution >= 0.6 is 0 Å². The van der Waals surface area contributed by atoms with Gasteiger partial charge in [0.1, 0.15) is 6.54 Å². The third kappa shape index (κ3) is 4.05. The Morgan fingerprint density at radius 1 is 0.970 bits per heavy atom. The second-order valence-electron chi connectivity index (χ2n) is 7.41. The quantitative estimate of drug-likeness (QED) is 0.479.